The summed E-state index contributed by atoms with van der Waals surface area (Å²) in [5.74, 6) is 0.747. The normalized spacial score (nSPS) is 27.1. The van der Waals surface area contributed by atoms with Crippen molar-refractivity contribution in [1.82, 2.24) is 10.6 Å². The van der Waals surface area contributed by atoms with E-state index in [0.29, 0.717) is 12.1 Å². The van der Waals surface area contributed by atoms with Gasteiger partial charge < -0.3 is 20.1 Å². The molecule has 2 N–H and O–H groups in total. The summed E-state index contributed by atoms with van der Waals surface area (Å²) >= 11 is 0. The Morgan fingerprint density at radius 1 is 1.00 bits per heavy atom. The molecule has 0 aromatic carbocycles. The molecule has 136 valence electrons. The van der Waals surface area contributed by atoms with Gasteiger partial charge in [-0.2, -0.15) is 0 Å². The van der Waals surface area contributed by atoms with Gasteiger partial charge in [0.2, 0.25) is 0 Å². The highest BCUT2D eigenvalue weighted by atomic mass is 16.5. The van der Waals surface area contributed by atoms with E-state index in [1.165, 1.54) is 39.2 Å². The second-order valence-electron chi connectivity index (χ2n) is 6.63. The summed E-state index contributed by atoms with van der Waals surface area (Å²) in [5.41, 5.74) is 0. The zero-order valence-electron chi connectivity index (χ0n) is 15.4. The van der Waals surface area contributed by atoms with Gasteiger partial charge in [0.25, 0.3) is 0 Å². The Kier molecular flexibility index (Phi) is 10.3. The zero-order valence-corrected chi connectivity index (χ0v) is 15.4. The summed E-state index contributed by atoms with van der Waals surface area (Å²) in [6, 6.07) is 1.84. The number of nitrogens with one attached hydrogen (secondary N) is 2. The third kappa shape index (κ3) is 8.02. The monoisotopic (exact) mass is 328 g/mol. The summed E-state index contributed by atoms with van der Waals surface area (Å²) in [6.07, 6.45) is 8.72. The Balaban J connectivity index is 0.000000208. The third-order valence-electron chi connectivity index (χ3n) is 4.67. The number of ether oxygens (including phenoxy) is 2. The molecule has 23 heavy (non-hydrogen) atoms. The predicted octanol–water partition coefficient (Wildman–Crippen LogP) is 3.47. The molecule has 2 saturated carbocycles. The molecular weight excluding hydrogens is 292 g/mol. The molecule has 3 aliphatic rings. The van der Waals surface area contributed by atoms with Crippen LogP contribution in [-0.2, 0) is 9.47 Å². The van der Waals surface area contributed by atoms with Gasteiger partial charge in [-0.05, 0) is 38.0 Å². The second-order valence-corrected chi connectivity index (χ2v) is 6.63. The van der Waals surface area contributed by atoms with Crippen molar-refractivity contribution >= 4 is 6.09 Å². The minimum Gasteiger partial charge on any atom is -0.453 e. The average molecular weight is 328 g/mol. The Bertz CT molecular complexity index is 315. The second kappa shape index (κ2) is 11.7. The first-order chi connectivity index (χ1) is 11.2. The van der Waals surface area contributed by atoms with E-state index < -0.39 is 0 Å². The predicted molar refractivity (Wildman–Crippen MR) is 93.7 cm³/mol. The number of hydrogen-bond acceptors (Lipinski definition) is 4. The molecule has 3 fully saturated rings. The van der Waals surface area contributed by atoms with Crippen molar-refractivity contribution in [2.75, 3.05) is 20.3 Å². The van der Waals surface area contributed by atoms with Crippen molar-refractivity contribution in [1.29, 1.82) is 0 Å². The highest BCUT2D eigenvalue weighted by Crippen LogP contribution is 2.24. The molecule has 3 rings (SSSR count). The fraction of sp³-hybridized carbons (Fsp3) is 0.944. The number of rotatable bonds is 3. The summed E-state index contributed by atoms with van der Waals surface area (Å²) in [7, 11) is 1.40. The highest BCUT2D eigenvalue weighted by Gasteiger charge is 2.23. The average Bonchev–Trinajstić information content (AvgIpc) is 3.17. The zero-order chi connectivity index (χ0) is 17.1. The maximum Gasteiger partial charge on any atom is 0.407 e. The van der Waals surface area contributed by atoms with Crippen LogP contribution in [0.1, 0.15) is 65.7 Å². The number of alkyl carbamates (subject to hydrolysis) is 1. The van der Waals surface area contributed by atoms with E-state index in [1.54, 1.807) is 0 Å². The lowest BCUT2D eigenvalue weighted by molar-refractivity contribution is -0.00963. The Morgan fingerprint density at radius 3 is 2.09 bits per heavy atom. The van der Waals surface area contributed by atoms with Gasteiger partial charge >= 0.3 is 6.09 Å². The summed E-state index contributed by atoms with van der Waals surface area (Å²) < 4.78 is 9.58. The quantitative estimate of drug-likeness (QED) is 0.833. The van der Waals surface area contributed by atoms with Crippen LogP contribution in [0.15, 0.2) is 0 Å². The minimum absolute atomic E-state index is 0.302. The highest BCUT2D eigenvalue weighted by molar-refractivity contribution is 5.67. The smallest absolute Gasteiger partial charge is 0.407 e. The van der Waals surface area contributed by atoms with E-state index in [-0.39, 0.29) is 6.09 Å². The first-order valence-electron chi connectivity index (χ1n) is 9.35. The molecule has 2 aliphatic carbocycles. The Labute approximate surface area is 141 Å². The van der Waals surface area contributed by atoms with Crippen molar-refractivity contribution in [2.45, 2.75) is 83.8 Å². The number of methoxy groups -OCH3 is 1. The van der Waals surface area contributed by atoms with E-state index in [0.717, 1.165) is 38.0 Å². The molecule has 0 aromatic heterocycles. The van der Waals surface area contributed by atoms with Crippen LogP contribution in [0.5, 0.6) is 0 Å². The van der Waals surface area contributed by atoms with Crippen LogP contribution in [0, 0.1) is 5.92 Å². The number of carbonyl (C=O) groups excluding carboxylic acids is 1. The van der Waals surface area contributed by atoms with Crippen LogP contribution in [-0.4, -0.2) is 44.5 Å². The number of carbonyl (C=O) groups is 1. The lowest BCUT2D eigenvalue weighted by atomic mass is 10.1. The van der Waals surface area contributed by atoms with Crippen molar-refractivity contribution in [2.24, 2.45) is 5.92 Å². The maximum atomic E-state index is 10.7. The fourth-order valence-corrected chi connectivity index (χ4v) is 3.32. The van der Waals surface area contributed by atoms with Crippen molar-refractivity contribution in [3.63, 3.8) is 0 Å². The SMILES string of the molecule is C1CCC(NC2COC2)C1.CC.COC(=O)NC1CCC(C)C1. The van der Waals surface area contributed by atoms with E-state index in [4.69, 9.17) is 4.74 Å². The molecule has 5 heteroatoms. The van der Waals surface area contributed by atoms with E-state index >= 15 is 0 Å². The Hall–Kier alpha value is -0.810. The lowest BCUT2D eigenvalue weighted by Crippen LogP contribution is -2.49. The van der Waals surface area contributed by atoms with Crippen molar-refractivity contribution in [3.8, 4) is 0 Å². The fourth-order valence-electron chi connectivity index (χ4n) is 3.32. The van der Waals surface area contributed by atoms with Gasteiger partial charge in [-0.15, -0.1) is 0 Å². The topological polar surface area (TPSA) is 59.6 Å². The van der Waals surface area contributed by atoms with Crippen LogP contribution in [0.3, 0.4) is 0 Å². The van der Waals surface area contributed by atoms with Crippen molar-refractivity contribution in [3.05, 3.63) is 0 Å². The molecule has 0 bridgehead atoms. The summed E-state index contributed by atoms with van der Waals surface area (Å²) in [6.45, 7) is 8.09. The van der Waals surface area contributed by atoms with Gasteiger partial charge in [0, 0.05) is 12.1 Å². The van der Waals surface area contributed by atoms with Gasteiger partial charge in [0.1, 0.15) is 0 Å². The first-order valence-corrected chi connectivity index (χ1v) is 9.35. The third-order valence-corrected chi connectivity index (χ3v) is 4.67. The summed E-state index contributed by atoms with van der Waals surface area (Å²) in [5, 5.41) is 6.39. The van der Waals surface area contributed by atoms with Crippen molar-refractivity contribution < 1.29 is 14.3 Å². The minimum atomic E-state index is -0.302. The maximum absolute atomic E-state index is 10.7. The van der Waals surface area contributed by atoms with Crippen LogP contribution >= 0.6 is 0 Å². The molecule has 5 nitrogen and oxygen atoms in total. The largest absolute Gasteiger partial charge is 0.453 e. The van der Waals surface area contributed by atoms with Crippen LogP contribution < -0.4 is 10.6 Å². The molecule has 2 unspecified atom stereocenters. The van der Waals surface area contributed by atoms with E-state index in [9.17, 15) is 4.79 Å². The van der Waals surface area contributed by atoms with Gasteiger partial charge in [-0.3, -0.25) is 0 Å². The first kappa shape index (κ1) is 20.2. The molecule has 2 atom stereocenters. The Morgan fingerprint density at radius 2 is 1.65 bits per heavy atom. The van der Waals surface area contributed by atoms with E-state index in [1.807, 2.05) is 13.8 Å². The van der Waals surface area contributed by atoms with E-state index in [2.05, 4.69) is 22.3 Å². The van der Waals surface area contributed by atoms with Gasteiger partial charge in [0.05, 0.1) is 26.4 Å². The van der Waals surface area contributed by atoms with Gasteiger partial charge in [-0.25, -0.2) is 4.79 Å². The molecule has 0 aromatic rings. The molecule has 0 spiro atoms. The number of hydrogen-bond donors (Lipinski definition) is 2. The summed E-state index contributed by atoms with van der Waals surface area (Å²) in [4.78, 5) is 10.7. The number of amides is 1. The standard InChI is InChI=1S/C8H15NO2.C8H15NO.C2H6/c1-6-3-4-7(5-6)9-8(10)11-2;1-2-4-7(3-1)9-8-5-10-6-8;1-2/h6-7H,3-5H2,1-2H3,(H,9,10);7-9H,1-6H2;1-2H3. The van der Waals surface area contributed by atoms with Crippen LogP contribution in [0.4, 0.5) is 4.79 Å². The lowest BCUT2D eigenvalue weighted by Gasteiger charge is -2.29. The van der Waals surface area contributed by atoms with Crippen LogP contribution in [0.25, 0.3) is 0 Å². The molecule has 1 aliphatic heterocycles. The molecule has 1 amide bonds. The van der Waals surface area contributed by atoms with Gasteiger partial charge in [-0.1, -0.05) is 33.6 Å². The molecule has 1 saturated heterocycles. The molecular formula is C18H36N2O3. The molecule has 1 heterocycles. The van der Waals surface area contributed by atoms with Gasteiger partial charge in [0.15, 0.2) is 0 Å². The molecule has 0 radical (unpaired) electrons. The van der Waals surface area contributed by atoms with Crippen LogP contribution in [0.2, 0.25) is 0 Å².